The van der Waals surface area contributed by atoms with Gasteiger partial charge in [0.2, 0.25) is 0 Å². The number of nitro groups is 1. The fourth-order valence-electron chi connectivity index (χ4n) is 0.574. The fourth-order valence-corrected chi connectivity index (χ4v) is 0.574. The number of nitrogens with zero attached hydrogens (tertiary/aromatic N) is 1. The minimum atomic E-state index is -0.514. The second-order valence-corrected chi connectivity index (χ2v) is 1.77. The molecule has 80 valence electrons. The average Bonchev–Trinajstić information content (AvgIpc) is 2.24. The van der Waals surface area contributed by atoms with Crippen molar-refractivity contribution in [2.75, 3.05) is 0 Å². The van der Waals surface area contributed by atoms with Gasteiger partial charge in [0, 0.05) is 44.8 Å². The Kier molecular flexibility index (Phi) is 18.1. The van der Waals surface area contributed by atoms with Crippen molar-refractivity contribution in [1.29, 1.82) is 0 Å². The van der Waals surface area contributed by atoms with Crippen molar-refractivity contribution in [3.05, 3.63) is 40.0 Å². The number of aromatic hydroxyl groups is 1. The Morgan fingerprint density at radius 3 is 1.87 bits per heavy atom. The molecule has 0 spiro atoms. The Morgan fingerprint density at radius 2 is 1.60 bits per heavy atom. The number of phenolic OH excluding ortho intramolecular Hbond substituents is 1. The van der Waals surface area contributed by atoms with Crippen molar-refractivity contribution < 1.29 is 42.7 Å². The van der Waals surface area contributed by atoms with Gasteiger partial charge in [-0.25, -0.2) is 0 Å². The molecule has 0 heterocycles. The quantitative estimate of drug-likeness (QED) is 0.487. The van der Waals surface area contributed by atoms with Gasteiger partial charge in [-0.3, -0.25) is 10.1 Å². The van der Waals surface area contributed by atoms with Crippen molar-refractivity contribution in [3.8, 4) is 5.75 Å². The van der Waals surface area contributed by atoms with Gasteiger partial charge in [-0.1, -0.05) is 21.8 Å². The van der Waals surface area contributed by atoms with E-state index in [1.165, 1.54) is 24.3 Å². The standard InChI is InChI=1S/C6H5NO3.C2H6.BH2N.Y/c8-6-3-1-5(2-4-6)7(9)10;2*1-2;/h1-4,8H;1-2H3;1-2H;/q;;-1;. The number of rotatable bonds is 1. The maximum Gasteiger partial charge on any atom is 0.269 e. The summed E-state index contributed by atoms with van der Waals surface area (Å²) in [5.74, 6) is 0.0330. The van der Waals surface area contributed by atoms with Gasteiger partial charge in [-0.15, -0.1) is 0 Å². The van der Waals surface area contributed by atoms with E-state index in [9.17, 15) is 10.1 Å². The molecule has 0 aliphatic carbocycles. The van der Waals surface area contributed by atoms with Gasteiger partial charge < -0.3 is 10.8 Å². The van der Waals surface area contributed by atoms with Gasteiger partial charge in [0.1, 0.15) is 5.75 Å². The maximum atomic E-state index is 10.0. The zero-order chi connectivity index (χ0) is 11.6. The molecule has 1 aromatic rings. The third-order valence-corrected chi connectivity index (χ3v) is 1.06. The van der Waals surface area contributed by atoms with E-state index in [0.717, 1.165) is 0 Å². The molecule has 0 amide bonds. The molecule has 7 heteroatoms. The molecule has 0 atom stereocenters. The normalized spacial score (nSPS) is 6.87. The Morgan fingerprint density at radius 1 is 1.27 bits per heavy atom. The molecule has 0 aliphatic rings. The number of hydrogen-bond donors (Lipinski definition) is 1. The molecule has 0 aromatic heterocycles. The topological polar surface area (TPSA) is 87.2 Å². The van der Waals surface area contributed by atoms with Crippen molar-refractivity contribution in [2.45, 2.75) is 13.8 Å². The largest absolute Gasteiger partial charge is 0.711 e. The first-order valence-electron chi connectivity index (χ1n) is 3.99. The number of nitro benzene ring substituents is 1. The third-order valence-electron chi connectivity index (χ3n) is 1.06. The summed E-state index contributed by atoms with van der Waals surface area (Å²) < 4.78 is 0. The van der Waals surface area contributed by atoms with Crippen LogP contribution in [0.3, 0.4) is 0 Å². The van der Waals surface area contributed by atoms with Gasteiger partial charge in [0.15, 0.2) is 0 Å². The summed E-state index contributed by atoms with van der Waals surface area (Å²) >= 11 is 0. The zero-order valence-corrected chi connectivity index (χ0v) is 11.6. The first-order chi connectivity index (χ1) is 6.70. The maximum absolute atomic E-state index is 10.0. The molecule has 15 heavy (non-hydrogen) atoms. The van der Waals surface area contributed by atoms with Gasteiger partial charge in [-0.05, 0) is 12.1 Å². The molecular formula is C8H13BN2O3Y-. The van der Waals surface area contributed by atoms with Crippen LogP contribution in [-0.4, -0.2) is 18.0 Å². The number of nitrogens with one attached hydrogen (secondary N) is 1. The minimum absolute atomic E-state index is 0. The summed E-state index contributed by atoms with van der Waals surface area (Å²) in [6.45, 7) is 4.00. The predicted octanol–water partition coefficient (Wildman–Crippen LogP) is 2.18. The summed E-state index contributed by atoms with van der Waals surface area (Å²) in [6, 6.07) is 5.04. The molecule has 1 rings (SSSR count). The van der Waals surface area contributed by atoms with Crippen molar-refractivity contribution in [3.63, 3.8) is 0 Å². The summed E-state index contributed by atoms with van der Waals surface area (Å²) in [5.41, 5.74) is 5.48. The second-order valence-electron chi connectivity index (χ2n) is 1.77. The van der Waals surface area contributed by atoms with Crippen LogP contribution < -0.4 is 0 Å². The zero-order valence-electron chi connectivity index (χ0n) is 8.80. The van der Waals surface area contributed by atoms with Gasteiger partial charge in [0.25, 0.3) is 5.69 Å². The number of hydrogen-bond acceptors (Lipinski definition) is 3. The number of benzene rings is 1. The SMILES string of the molecule is CC.O=[N+]([O-])c1ccc(O)cc1.[BH][NH-].[Y]. The van der Waals surface area contributed by atoms with E-state index in [1.54, 1.807) is 0 Å². The van der Waals surface area contributed by atoms with Crippen molar-refractivity contribution in [1.82, 2.24) is 0 Å². The van der Waals surface area contributed by atoms with Gasteiger partial charge in [-0.2, -0.15) is 0 Å². The third kappa shape index (κ3) is 9.84. The molecule has 0 saturated carbocycles. The Labute approximate surface area is 116 Å². The van der Waals surface area contributed by atoms with Crippen LogP contribution in [0.15, 0.2) is 24.3 Å². The van der Waals surface area contributed by atoms with Crippen LogP contribution in [0.5, 0.6) is 5.75 Å². The van der Waals surface area contributed by atoms with Crippen molar-refractivity contribution >= 4 is 13.7 Å². The van der Waals surface area contributed by atoms with Crippen LogP contribution in [0.4, 0.5) is 5.69 Å². The van der Waals surface area contributed by atoms with E-state index in [0.29, 0.717) is 0 Å². The molecule has 0 fully saturated rings. The molecule has 0 bridgehead atoms. The molecule has 0 aliphatic heterocycles. The molecule has 2 radical (unpaired) electrons. The van der Waals surface area contributed by atoms with Gasteiger partial charge in [0.05, 0.1) is 4.92 Å². The van der Waals surface area contributed by atoms with E-state index in [-0.39, 0.29) is 44.1 Å². The molecule has 5 nitrogen and oxygen atoms in total. The van der Waals surface area contributed by atoms with E-state index >= 15 is 0 Å². The van der Waals surface area contributed by atoms with Crippen LogP contribution in [0, 0.1) is 10.1 Å². The Bertz CT molecular complexity index is 257. The first-order valence-corrected chi connectivity index (χ1v) is 3.99. The van der Waals surface area contributed by atoms with Crippen LogP contribution in [0.2, 0.25) is 0 Å². The average molecular weight is 285 g/mol. The van der Waals surface area contributed by atoms with E-state index in [4.69, 9.17) is 10.8 Å². The molecule has 2 N–H and O–H groups in total. The van der Waals surface area contributed by atoms with E-state index in [1.807, 2.05) is 13.8 Å². The van der Waals surface area contributed by atoms with Crippen LogP contribution >= 0.6 is 0 Å². The molecular weight excluding hydrogens is 272 g/mol. The molecule has 1 aromatic carbocycles. The minimum Gasteiger partial charge on any atom is -0.711 e. The number of phenols is 1. The summed E-state index contributed by atoms with van der Waals surface area (Å²) in [4.78, 5) is 9.52. The van der Waals surface area contributed by atoms with Gasteiger partial charge >= 0.3 is 0 Å². The summed E-state index contributed by atoms with van der Waals surface area (Å²) in [5, 5.41) is 18.8. The van der Waals surface area contributed by atoms with Crippen LogP contribution in [0.1, 0.15) is 13.8 Å². The smallest absolute Gasteiger partial charge is 0.269 e. The first kappa shape index (κ1) is 20.0. The molecule has 0 unspecified atom stereocenters. The van der Waals surface area contributed by atoms with Crippen molar-refractivity contribution in [2.24, 2.45) is 0 Å². The Balaban J connectivity index is -0.000000258. The number of non-ortho nitro benzene ring substituents is 1. The van der Waals surface area contributed by atoms with Crippen LogP contribution in [0.25, 0.3) is 5.64 Å². The summed E-state index contributed by atoms with van der Waals surface area (Å²) in [7, 11) is 2.50. The summed E-state index contributed by atoms with van der Waals surface area (Å²) in [6.07, 6.45) is 0. The van der Waals surface area contributed by atoms with E-state index in [2.05, 4.69) is 7.98 Å². The van der Waals surface area contributed by atoms with E-state index < -0.39 is 4.92 Å². The predicted molar refractivity (Wildman–Crippen MR) is 57.6 cm³/mol. The van der Waals surface area contributed by atoms with Crippen LogP contribution in [-0.2, 0) is 32.7 Å². The fraction of sp³-hybridized carbons (Fsp3) is 0.250. The molecule has 0 saturated heterocycles. The Hall–Kier alpha value is -0.451. The monoisotopic (exact) mass is 285 g/mol. The second kappa shape index (κ2) is 13.5.